The first-order chi connectivity index (χ1) is 13.1. The molecule has 1 unspecified atom stereocenters. The molecule has 27 heavy (non-hydrogen) atoms. The number of para-hydroxylation sites is 1. The van der Waals surface area contributed by atoms with Crippen molar-refractivity contribution in [1.82, 2.24) is 15.5 Å². The molecule has 0 saturated heterocycles. The number of benzene rings is 1. The molecule has 3 rings (SSSR count). The molecule has 0 bridgehead atoms. The van der Waals surface area contributed by atoms with E-state index in [4.69, 9.17) is 4.42 Å². The van der Waals surface area contributed by atoms with Crippen molar-refractivity contribution < 1.29 is 9.21 Å². The van der Waals surface area contributed by atoms with E-state index in [0.29, 0.717) is 37.1 Å². The fraction of sp³-hybridized carbons (Fsp3) is 0.350. The predicted molar refractivity (Wildman–Crippen MR) is 108 cm³/mol. The van der Waals surface area contributed by atoms with E-state index in [9.17, 15) is 4.79 Å². The van der Waals surface area contributed by atoms with Crippen molar-refractivity contribution in [2.45, 2.75) is 32.7 Å². The third-order valence-electron chi connectivity index (χ3n) is 4.25. The van der Waals surface area contributed by atoms with Crippen molar-refractivity contribution in [3.63, 3.8) is 0 Å². The summed E-state index contributed by atoms with van der Waals surface area (Å²) in [4.78, 5) is 12.2. The van der Waals surface area contributed by atoms with Gasteiger partial charge in [0, 0.05) is 42.1 Å². The van der Waals surface area contributed by atoms with Gasteiger partial charge in [-0.3, -0.25) is 4.79 Å². The number of aryl methyl sites for hydroxylation is 1. The van der Waals surface area contributed by atoms with Crippen LogP contribution in [0.25, 0.3) is 11.5 Å². The zero-order valence-corrected chi connectivity index (χ0v) is 16.3. The minimum atomic E-state index is -0.0224. The quantitative estimate of drug-likeness (QED) is 0.583. The van der Waals surface area contributed by atoms with E-state index in [2.05, 4.69) is 34.7 Å². The molecule has 142 valence electrons. The standard InChI is InChI=1S/C20H24N4O2S/c1-14(2)17(22-16-6-4-3-5-7-16)12-21-18(25)8-9-19-23-24-20(26-19)15-10-11-27-13-15/h3-7,10-11,13-14,17,22H,8-9,12H2,1-2H3,(H,21,25). The first-order valence-electron chi connectivity index (χ1n) is 9.05. The third-order valence-corrected chi connectivity index (χ3v) is 4.93. The zero-order chi connectivity index (χ0) is 19.1. The normalized spacial score (nSPS) is 12.1. The molecule has 0 aliphatic heterocycles. The lowest BCUT2D eigenvalue weighted by Crippen LogP contribution is -2.39. The number of hydrogen-bond acceptors (Lipinski definition) is 6. The highest BCUT2D eigenvalue weighted by Crippen LogP contribution is 2.20. The Morgan fingerprint density at radius 2 is 2.00 bits per heavy atom. The maximum Gasteiger partial charge on any atom is 0.248 e. The highest BCUT2D eigenvalue weighted by atomic mass is 32.1. The topological polar surface area (TPSA) is 80.1 Å². The lowest BCUT2D eigenvalue weighted by atomic mass is 10.0. The Bertz CT molecular complexity index is 831. The van der Waals surface area contributed by atoms with Crippen LogP contribution in [0.3, 0.4) is 0 Å². The third kappa shape index (κ3) is 5.65. The number of anilines is 1. The van der Waals surface area contributed by atoms with Gasteiger partial charge in [0.05, 0.1) is 0 Å². The van der Waals surface area contributed by atoms with Crippen molar-refractivity contribution in [1.29, 1.82) is 0 Å². The molecule has 6 nitrogen and oxygen atoms in total. The molecule has 1 aromatic carbocycles. The summed E-state index contributed by atoms with van der Waals surface area (Å²) in [6, 6.07) is 12.1. The van der Waals surface area contributed by atoms with Gasteiger partial charge in [-0.2, -0.15) is 11.3 Å². The van der Waals surface area contributed by atoms with Crippen molar-refractivity contribution in [2.24, 2.45) is 5.92 Å². The van der Waals surface area contributed by atoms with Gasteiger partial charge in [-0.25, -0.2) is 0 Å². The maximum atomic E-state index is 12.2. The van der Waals surface area contributed by atoms with Gasteiger partial charge in [0.25, 0.3) is 0 Å². The van der Waals surface area contributed by atoms with Crippen LogP contribution in [0.4, 0.5) is 5.69 Å². The van der Waals surface area contributed by atoms with Gasteiger partial charge in [0.2, 0.25) is 17.7 Å². The Morgan fingerprint density at radius 1 is 1.19 bits per heavy atom. The highest BCUT2D eigenvalue weighted by Gasteiger charge is 2.15. The molecule has 2 aromatic heterocycles. The Morgan fingerprint density at radius 3 is 2.70 bits per heavy atom. The predicted octanol–water partition coefficient (Wildman–Crippen LogP) is 3.98. The molecule has 0 spiro atoms. The number of nitrogens with one attached hydrogen (secondary N) is 2. The SMILES string of the molecule is CC(C)C(CNC(=O)CCc1nnc(-c2ccsc2)o1)Nc1ccccc1. The van der Waals surface area contributed by atoms with Crippen LogP contribution in [-0.2, 0) is 11.2 Å². The molecular weight excluding hydrogens is 360 g/mol. The van der Waals surface area contributed by atoms with Crippen LogP contribution in [0, 0.1) is 5.92 Å². The van der Waals surface area contributed by atoms with E-state index in [1.807, 2.05) is 47.2 Å². The minimum Gasteiger partial charge on any atom is -0.421 e. The Hall–Kier alpha value is -2.67. The minimum absolute atomic E-state index is 0.0224. The number of aromatic nitrogens is 2. The Balaban J connectivity index is 1.45. The van der Waals surface area contributed by atoms with E-state index in [0.717, 1.165) is 11.3 Å². The van der Waals surface area contributed by atoms with Gasteiger partial charge in [0.1, 0.15) is 0 Å². The lowest BCUT2D eigenvalue weighted by molar-refractivity contribution is -0.121. The summed E-state index contributed by atoms with van der Waals surface area (Å²) >= 11 is 1.58. The number of nitrogens with zero attached hydrogens (tertiary/aromatic N) is 2. The molecule has 0 saturated carbocycles. The average Bonchev–Trinajstić information content (AvgIpc) is 3.35. The van der Waals surface area contributed by atoms with E-state index in [1.54, 1.807) is 11.3 Å². The van der Waals surface area contributed by atoms with E-state index >= 15 is 0 Å². The molecule has 0 aliphatic carbocycles. The highest BCUT2D eigenvalue weighted by molar-refractivity contribution is 7.08. The van der Waals surface area contributed by atoms with Crippen LogP contribution < -0.4 is 10.6 Å². The second-order valence-electron chi connectivity index (χ2n) is 6.68. The number of carbonyl (C=O) groups is 1. The van der Waals surface area contributed by atoms with Crippen LogP contribution in [-0.4, -0.2) is 28.7 Å². The van der Waals surface area contributed by atoms with Crippen molar-refractivity contribution in [2.75, 3.05) is 11.9 Å². The van der Waals surface area contributed by atoms with Crippen LogP contribution in [0.2, 0.25) is 0 Å². The maximum absolute atomic E-state index is 12.2. The second-order valence-corrected chi connectivity index (χ2v) is 7.46. The fourth-order valence-corrected chi connectivity index (χ4v) is 3.22. The first kappa shape index (κ1) is 19.1. The van der Waals surface area contributed by atoms with Crippen LogP contribution in [0.15, 0.2) is 51.6 Å². The fourth-order valence-electron chi connectivity index (χ4n) is 2.59. The molecule has 1 amide bonds. The van der Waals surface area contributed by atoms with Gasteiger partial charge in [-0.15, -0.1) is 10.2 Å². The number of amides is 1. The van der Waals surface area contributed by atoms with Gasteiger partial charge in [-0.05, 0) is 29.5 Å². The number of carbonyl (C=O) groups excluding carboxylic acids is 1. The number of rotatable bonds is 9. The second kappa shape index (κ2) is 9.32. The molecule has 0 radical (unpaired) electrons. The smallest absolute Gasteiger partial charge is 0.248 e. The largest absolute Gasteiger partial charge is 0.421 e. The molecule has 3 aromatic rings. The van der Waals surface area contributed by atoms with Gasteiger partial charge >= 0.3 is 0 Å². The summed E-state index contributed by atoms with van der Waals surface area (Å²) in [5.41, 5.74) is 1.97. The van der Waals surface area contributed by atoms with Gasteiger partial charge in [-0.1, -0.05) is 32.0 Å². The summed E-state index contributed by atoms with van der Waals surface area (Å²) in [6.45, 7) is 4.84. The Kier molecular flexibility index (Phi) is 6.59. The molecule has 0 fully saturated rings. The summed E-state index contributed by atoms with van der Waals surface area (Å²) < 4.78 is 5.61. The van der Waals surface area contributed by atoms with Crippen molar-refractivity contribution in [3.05, 3.63) is 53.0 Å². The molecule has 0 aliphatic rings. The van der Waals surface area contributed by atoms with Crippen LogP contribution in [0.1, 0.15) is 26.2 Å². The summed E-state index contributed by atoms with van der Waals surface area (Å²) in [6.07, 6.45) is 0.753. The monoisotopic (exact) mass is 384 g/mol. The van der Waals surface area contributed by atoms with E-state index in [-0.39, 0.29) is 11.9 Å². The van der Waals surface area contributed by atoms with Crippen LogP contribution >= 0.6 is 11.3 Å². The lowest BCUT2D eigenvalue weighted by Gasteiger charge is -2.24. The van der Waals surface area contributed by atoms with Gasteiger partial charge in [0.15, 0.2) is 0 Å². The van der Waals surface area contributed by atoms with Crippen molar-refractivity contribution in [3.8, 4) is 11.5 Å². The average molecular weight is 385 g/mol. The van der Waals surface area contributed by atoms with Gasteiger partial charge < -0.3 is 15.1 Å². The zero-order valence-electron chi connectivity index (χ0n) is 15.5. The Labute approximate surface area is 163 Å². The van der Waals surface area contributed by atoms with Crippen molar-refractivity contribution >= 4 is 22.9 Å². The number of hydrogen-bond donors (Lipinski definition) is 2. The molecule has 1 atom stereocenters. The molecule has 2 heterocycles. The summed E-state index contributed by atoms with van der Waals surface area (Å²) in [5, 5.41) is 18.4. The molecule has 2 N–H and O–H groups in total. The van der Waals surface area contributed by atoms with Crippen LogP contribution in [0.5, 0.6) is 0 Å². The summed E-state index contributed by atoms with van der Waals surface area (Å²) in [7, 11) is 0. The summed E-state index contributed by atoms with van der Waals surface area (Å²) in [5.74, 6) is 1.34. The molecular formula is C20H24N4O2S. The molecule has 7 heteroatoms. The van der Waals surface area contributed by atoms with E-state index in [1.165, 1.54) is 0 Å². The first-order valence-corrected chi connectivity index (χ1v) is 9.99. The van der Waals surface area contributed by atoms with E-state index < -0.39 is 0 Å². The number of thiophene rings is 1.